The zero-order valence-electron chi connectivity index (χ0n) is 36.9. The quantitative estimate of drug-likeness (QED) is 0.0418. The van der Waals surface area contributed by atoms with Crippen molar-refractivity contribution in [1.82, 2.24) is 31.9 Å². The molecule has 60 heavy (non-hydrogen) atoms. The number of carbonyl (C=O) groups excluding carboxylic acids is 7. The van der Waals surface area contributed by atoms with Crippen LogP contribution in [-0.2, 0) is 43.2 Å². The average Bonchev–Trinajstić information content (AvgIpc) is 3.17. The molecule has 17 nitrogen and oxygen atoms in total. The number of carboxylic acids is 2. The van der Waals surface area contributed by atoms with Gasteiger partial charge in [0.05, 0.1) is 12.5 Å². The summed E-state index contributed by atoms with van der Waals surface area (Å²) in [6.45, 7) is 14.3. The second-order valence-electron chi connectivity index (χ2n) is 16.9. The van der Waals surface area contributed by atoms with Crippen molar-refractivity contribution in [3.05, 3.63) is 12.2 Å². The summed E-state index contributed by atoms with van der Waals surface area (Å²) in [4.78, 5) is 117. The number of carboxylic acid groups (broad SMARTS) is 2. The SMILES string of the molecule is CC[C@H](NC(=O)[C@@H](NC(=O)[C@@H](NC(=O)[C@H](CC(C)C)NC(=O)[C@@H](CCC(=O)O)NC(=O)[C@H](CC(=O)O)NC(C)=O)[C@@H](C)CC)C1CCCCC1)C(=O)/C=C/CCCC(C)C. The summed E-state index contributed by atoms with van der Waals surface area (Å²) >= 11 is 0. The van der Waals surface area contributed by atoms with Crippen molar-refractivity contribution >= 4 is 53.2 Å². The molecule has 0 radical (unpaired) electrons. The first-order valence-electron chi connectivity index (χ1n) is 21.6. The number of aliphatic carboxylic acids is 2. The Balaban J connectivity index is 3.35. The van der Waals surface area contributed by atoms with Crippen molar-refractivity contribution in [3.63, 3.8) is 0 Å². The number of hydrogen-bond acceptors (Lipinski definition) is 9. The van der Waals surface area contributed by atoms with E-state index in [9.17, 15) is 53.4 Å². The lowest BCUT2D eigenvalue weighted by molar-refractivity contribution is -0.141. The fraction of sp³-hybridized carbons (Fsp3) is 0.744. The number of nitrogens with one attached hydrogen (secondary N) is 6. The van der Waals surface area contributed by atoms with Crippen LogP contribution in [0.4, 0.5) is 0 Å². The van der Waals surface area contributed by atoms with Crippen LogP contribution in [0.25, 0.3) is 0 Å². The Labute approximate surface area is 355 Å². The predicted octanol–water partition coefficient (Wildman–Crippen LogP) is 3.29. The number of allylic oxidation sites excluding steroid dienone is 1. The Morgan fingerprint density at radius 2 is 1.20 bits per heavy atom. The fourth-order valence-electron chi connectivity index (χ4n) is 7.07. The summed E-state index contributed by atoms with van der Waals surface area (Å²) < 4.78 is 0. The first-order valence-corrected chi connectivity index (χ1v) is 21.6. The summed E-state index contributed by atoms with van der Waals surface area (Å²) in [6.07, 6.45) is 9.21. The lowest BCUT2D eigenvalue weighted by Gasteiger charge is -2.33. The van der Waals surface area contributed by atoms with Crippen LogP contribution in [0.15, 0.2) is 12.2 Å². The molecule has 6 amide bonds. The van der Waals surface area contributed by atoms with E-state index in [1.54, 1.807) is 27.7 Å². The molecule has 1 rings (SSSR count). The molecule has 0 aromatic rings. The molecule has 17 heteroatoms. The zero-order chi connectivity index (χ0) is 45.5. The Hall–Kier alpha value is -4.83. The molecule has 1 aliphatic rings. The van der Waals surface area contributed by atoms with E-state index in [0.29, 0.717) is 31.6 Å². The van der Waals surface area contributed by atoms with Gasteiger partial charge in [-0.3, -0.25) is 43.2 Å². The van der Waals surface area contributed by atoms with Crippen LogP contribution in [0, 0.1) is 23.7 Å². The molecule has 0 saturated heterocycles. The highest BCUT2D eigenvalue weighted by molar-refractivity contribution is 5.99. The molecule has 340 valence electrons. The normalized spacial score (nSPS) is 16.7. The highest BCUT2D eigenvalue weighted by atomic mass is 16.4. The third-order valence-corrected chi connectivity index (χ3v) is 10.7. The second kappa shape index (κ2) is 27.8. The van der Waals surface area contributed by atoms with Gasteiger partial charge in [0, 0.05) is 13.3 Å². The summed E-state index contributed by atoms with van der Waals surface area (Å²) in [6, 6.07) is -7.29. The van der Waals surface area contributed by atoms with Gasteiger partial charge in [0.1, 0.15) is 30.2 Å². The maximum atomic E-state index is 14.2. The second-order valence-corrected chi connectivity index (χ2v) is 16.9. The van der Waals surface area contributed by atoms with E-state index in [1.807, 2.05) is 13.0 Å². The lowest BCUT2D eigenvalue weighted by Crippen LogP contribution is -2.61. The number of hydrogen-bond donors (Lipinski definition) is 8. The van der Waals surface area contributed by atoms with E-state index < -0.39 is 109 Å². The monoisotopic (exact) mass is 849 g/mol. The van der Waals surface area contributed by atoms with E-state index in [1.165, 1.54) is 6.08 Å². The highest BCUT2D eigenvalue weighted by Crippen LogP contribution is 2.27. The average molecular weight is 849 g/mol. The molecule has 1 saturated carbocycles. The van der Waals surface area contributed by atoms with Crippen LogP contribution in [0.3, 0.4) is 0 Å². The van der Waals surface area contributed by atoms with Crippen molar-refractivity contribution in [2.75, 3.05) is 0 Å². The number of carbonyl (C=O) groups is 9. The minimum Gasteiger partial charge on any atom is -0.481 e. The van der Waals surface area contributed by atoms with Crippen molar-refractivity contribution in [3.8, 4) is 0 Å². The maximum absolute atomic E-state index is 14.2. The zero-order valence-corrected chi connectivity index (χ0v) is 36.9. The third-order valence-electron chi connectivity index (χ3n) is 10.7. The summed E-state index contributed by atoms with van der Waals surface area (Å²) in [5.41, 5.74) is 0. The summed E-state index contributed by atoms with van der Waals surface area (Å²) in [7, 11) is 0. The van der Waals surface area contributed by atoms with E-state index in [0.717, 1.165) is 45.4 Å². The first kappa shape index (κ1) is 53.2. The van der Waals surface area contributed by atoms with E-state index in [2.05, 4.69) is 45.7 Å². The van der Waals surface area contributed by atoms with Gasteiger partial charge in [-0.25, -0.2) is 0 Å². The maximum Gasteiger partial charge on any atom is 0.305 e. The van der Waals surface area contributed by atoms with E-state index in [-0.39, 0.29) is 24.0 Å². The molecule has 1 fully saturated rings. The van der Waals surface area contributed by atoms with Gasteiger partial charge in [-0.05, 0) is 74.7 Å². The standard InChI is InChI=1S/C43H72N6O11/c1-9-27(7)37(42(59)49-38(29-18-14-12-15-19-29)43(60)45-30(10-2)34(51)20-16-11-13-17-25(3)4)48-41(58)32(23-26(5)6)47-39(56)31(21-22-35(52)53)46-40(57)33(24-36(54)55)44-28(8)50/h16,20,25-27,29-33,37-38H,9-15,17-19,21-24H2,1-8H3,(H,44,50)(H,45,60)(H,46,57)(H,47,56)(H,48,58)(H,49,59)(H,52,53)(H,54,55)/b20-16+/t27-,30-,31+,32-,33-,37-,38-/m0/s1. The molecule has 0 bridgehead atoms. The topological polar surface area (TPSA) is 266 Å². The van der Waals surface area contributed by atoms with Gasteiger partial charge in [-0.15, -0.1) is 0 Å². The molecule has 0 aliphatic heterocycles. The van der Waals surface area contributed by atoms with Crippen LogP contribution >= 0.6 is 0 Å². The Bertz CT molecular complexity index is 1480. The minimum absolute atomic E-state index is 0.0747. The summed E-state index contributed by atoms with van der Waals surface area (Å²) in [5, 5.41) is 34.3. The number of amides is 6. The number of ketones is 1. The molecule has 7 atom stereocenters. The minimum atomic E-state index is -1.57. The van der Waals surface area contributed by atoms with Gasteiger partial charge in [-0.1, -0.05) is 86.6 Å². The van der Waals surface area contributed by atoms with Crippen molar-refractivity contribution in [1.29, 1.82) is 0 Å². The van der Waals surface area contributed by atoms with Crippen molar-refractivity contribution in [2.45, 2.75) is 182 Å². The summed E-state index contributed by atoms with van der Waals surface area (Å²) in [5.74, 6) is -7.72. The van der Waals surface area contributed by atoms with Crippen LogP contribution in [0.5, 0.6) is 0 Å². The fourth-order valence-corrected chi connectivity index (χ4v) is 7.07. The smallest absolute Gasteiger partial charge is 0.305 e. The lowest BCUT2D eigenvalue weighted by atomic mass is 9.83. The van der Waals surface area contributed by atoms with Crippen LogP contribution < -0.4 is 31.9 Å². The van der Waals surface area contributed by atoms with Crippen molar-refractivity contribution < 1.29 is 53.4 Å². The molecular formula is C43H72N6O11. The molecule has 0 aromatic carbocycles. The van der Waals surface area contributed by atoms with Gasteiger partial charge >= 0.3 is 11.9 Å². The van der Waals surface area contributed by atoms with Crippen LogP contribution in [-0.4, -0.2) is 99.6 Å². The van der Waals surface area contributed by atoms with Gasteiger partial charge in [0.2, 0.25) is 35.4 Å². The Morgan fingerprint density at radius 1 is 0.617 bits per heavy atom. The predicted molar refractivity (Wildman–Crippen MR) is 225 cm³/mol. The molecule has 0 unspecified atom stereocenters. The van der Waals surface area contributed by atoms with Gasteiger partial charge in [0.25, 0.3) is 0 Å². The third kappa shape index (κ3) is 20.4. The molecule has 0 heterocycles. The van der Waals surface area contributed by atoms with Gasteiger partial charge in [0.15, 0.2) is 5.78 Å². The largest absolute Gasteiger partial charge is 0.481 e. The molecule has 8 N–H and O–H groups in total. The van der Waals surface area contributed by atoms with Gasteiger partial charge in [-0.2, -0.15) is 0 Å². The number of rotatable bonds is 28. The van der Waals surface area contributed by atoms with E-state index >= 15 is 0 Å². The van der Waals surface area contributed by atoms with Gasteiger partial charge < -0.3 is 42.1 Å². The molecule has 0 aromatic heterocycles. The Kier molecular flexibility index (Phi) is 24.7. The Morgan fingerprint density at radius 3 is 1.73 bits per heavy atom. The highest BCUT2D eigenvalue weighted by Gasteiger charge is 2.37. The molecule has 0 spiro atoms. The molecule has 1 aliphatic carbocycles. The number of unbranched alkanes of at least 4 members (excludes halogenated alkanes) is 1. The first-order chi connectivity index (χ1) is 28.2. The van der Waals surface area contributed by atoms with Crippen LogP contribution in [0.1, 0.15) is 145 Å². The van der Waals surface area contributed by atoms with E-state index in [4.69, 9.17) is 0 Å². The van der Waals surface area contributed by atoms with Crippen molar-refractivity contribution in [2.24, 2.45) is 23.7 Å². The van der Waals surface area contributed by atoms with Crippen LogP contribution in [0.2, 0.25) is 0 Å². The molecular weight excluding hydrogens is 777 g/mol.